The van der Waals surface area contributed by atoms with E-state index in [1.54, 1.807) is 18.3 Å². The maximum atomic E-state index is 12.2. The summed E-state index contributed by atoms with van der Waals surface area (Å²) < 4.78 is 1.95. The molecule has 6 nitrogen and oxygen atoms in total. The molecule has 0 bridgehead atoms. The molecule has 138 valence electrons. The molecule has 0 aliphatic heterocycles. The first-order chi connectivity index (χ1) is 12.7. The van der Waals surface area contributed by atoms with Gasteiger partial charge < -0.3 is 10.6 Å². The SMILES string of the molecule is O=C(CCCNC(=O)c1ccccc1)Nc1ccnn1C1CCCCC1. The maximum Gasteiger partial charge on any atom is 0.251 e. The summed E-state index contributed by atoms with van der Waals surface area (Å²) in [6.45, 7) is 0.475. The van der Waals surface area contributed by atoms with E-state index in [1.807, 2.05) is 28.9 Å². The number of aromatic nitrogens is 2. The van der Waals surface area contributed by atoms with Crippen LogP contribution in [-0.4, -0.2) is 28.1 Å². The quantitative estimate of drug-likeness (QED) is 0.747. The molecule has 0 saturated heterocycles. The summed E-state index contributed by atoms with van der Waals surface area (Å²) in [4.78, 5) is 24.1. The molecule has 1 heterocycles. The van der Waals surface area contributed by atoms with Gasteiger partial charge in [-0.3, -0.25) is 9.59 Å². The minimum absolute atomic E-state index is 0.0449. The lowest BCUT2D eigenvalue weighted by molar-refractivity contribution is -0.116. The van der Waals surface area contributed by atoms with Crippen LogP contribution < -0.4 is 10.6 Å². The van der Waals surface area contributed by atoms with Gasteiger partial charge in [0.05, 0.1) is 12.2 Å². The van der Waals surface area contributed by atoms with Gasteiger partial charge in [-0.1, -0.05) is 37.5 Å². The van der Waals surface area contributed by atoms with Crippen LogP contribution in [0, 0.1) is 0 Å². The van der Waals surface area contributed by atoms with Crippen molar-refractivity contribution in [1.29, 1.82) is 0 Å². The molecule has 0 radical (unpaired) electrons. The van der Waals surface area contributed by atoms with Crippen LogP contribution in [0.1, 0.15) is 61.3 Å². The molecule has 0 unspecified atom stereocenters. The van der Waals surface area contributed by atoms with Gasteiger partial charge in [0, 0.05) is 24.6 Å². The molecule has 1 aromatic heterocycles. The van der Waals surface area contributed by atoms with Gasteiger partial charge in [-0.15, -0.1) is 0 Å². The number of nitrogens with zero attached hydrogens (tertiary/aromatic N) is 2. The second-order valence-electron chi connectivity index (χ2n) is 6.73. The van der Waals surface area contributed by atoms with Crippen LogP contribution in [0.2, 0.25) is 0 Å². The van der Waals surface area contributed by atoms with Crippen LogP contribution in [-0.2, 0) is 4.79 Å². The fourth-order valence-corrected chi connectivity index (χ4v) is 3.38. The zero-order valence-corrected chi connectivity index (χ0v) is 15.0. The summed E-state index contributed by atoms with van der Waals surface area (Å²) in [7, 11) is 0. The van der Waals surface area contributed by atoms with E-state index in [2.05, 4.69) is 15.7 Å². The highest BCUT2D eigenvalue weighted by atomic mass is 16.2. The Kier molecular flexibility index (Phi) is 6.41. The minimum Gasteiger partial charge on any atom is -0.352 e. The Hall–Kier alpha value is -2.63. The predicted molar refractivity (Wildman–Crippen MR) is 101 cm³/mol. The lowest BCUT2D eigenvalue weighted by atomic mass is 9.96. The largest absolute Gasteiger partial charge is 0.352 e. The summed E-state index contributed by atoms with van der Waals surface area (Å²) in [6.07, 6.45) is 8.68. The van der Waals surface area contributed by atoms with Crippen molar-refractivity contribution in [3.63, 3.8) is 0 Å². The molecule has 2 amide bonds. The Labute approximate surface area is 154 Å². The van der Waals surface area contributed by atoms with Crippen LogP contribution in [0.3, 0.4) is 0 Å². The number of rotatable bonds is 7. The maximum absolute atomic E-state index is 12.2. The zero-order chi connectivity index (χ0) is 18.2. The van der Waals surface area contributed by atoms with E-state index in [-0.39, 0.29) is 11.8 Å². The van der Waals surface area contributed by atoms with Crippen molar-refractivity contribution in [1.82, 2.24) is 15.1 Å². The first-order valence-corrected chi connectivity index (χ1v) is 9.40. The van der Waals surface area contributed by atoms with E-state index >= 15 is 0 Å². The van der Waals surface area contributed by atoms with Crippen LogP contribution in [0.25, 0.3) is 0 Å². The van der Waals surface area contributed by atoms with Crippen LogP contribution in [0.5, 0.6) is 0 Å². The normalized spacial score (nSPS) is 14.8. The summed E-state index contributed by atoms with van der Waals surface area (Å²) in [5, 5.41) is 10.2. The second-order valence-corrected chi connectivity index (χ2v) is 6.73. The highest BCUT2D eigenvalue weighted by Crippen LogP contribution is 2.29. The van der Waals surface area contributed by atoms with Crippen LogP contribution in [0.4, 0.5) is 5.82 Å². The third-order valence-corrected chi connectivity index (χ3v) is 4.76. The van der Waals surface area contributed by atoms with Crippen molar-refractivity contribution in [2.75, 3.05) is 11.9 Å². The standard InChI is InChI=1S/C20H26N4O2/c25-19(12-7-14-21-20(26)16-8-3-1-4-9-16)23-18-13-15-22-24(18)17-10-5-2-6-11-17/h1,3-4,8-9,13,15,17H,2,5-7,10-12,14H2,(H,21,26)(H,23,25). The van der Waals surface area contributed by atoms with Crippen molar-refractivity contribution in [3.05, 3.63) is 48.2 Å². The molecular formula is C20H26N4O2. The van der Waals surface area contributed by atoms with Gasteiger partial charge >= 0.3 is 0 Å². The number of nitrogens with one attached hydrogen (secondary N) is 2. The molecule has 0 spiro atoms. The fraction of sp³-hybridized carbons (Fsp3) is 0.450. The molecule has 6 heteroatoms. The molecule has 1 aliphatic carbocycles. The Morgan fingerprint density at radius 3 is 2.62 bits per heavy atom. The van der Waals surface area contributed by atoms with Crippen molar-refractivity contribution >= 4 is 17.6 Å². The molecule has 1 aliphatic rings. The summed E-state index contributed by atoms with van der Waals surface area (Å²) >= 11 is 0. The van der Waals surface area contributed by atoms with Crippen molar-refractivity contribution < 1.29 is 9.59 Å². The highest BCUT2D eigenvalue weighted by molar-refractivity contribution is 5.94. The molecule has 1 aromatic carbocycles. The second kappa shape index (κ2) is 9.17. The monoisotopic (exact) mass is 354 g/mol. The van der Waals surface area contributed by atoms with Gasteiger partial charge in [0.2, 0.25) is 5.91 Å². The average molecular weight is 354 g/mol. The van der Waals surface area contributed by atoms with E-state index in [0.717, 1.165) is 18.7 Å². The average Bonchev–Trinajstić information content (AvgIpc) is 3.14. The number of benzene rings is 1. The number of amides is 2. The smallest absolute Gasteiger partial charge is 0.251 e. The Morgan fingerprint density at radius 1 is 1.08 bits per heavy atom. The highest BCUT2D eigenvalue weighted by Gasteiger charge is 2.19. The minimum atomic E-state index is -0.110. The first-order valence-electron chi connectivity index (χ1n) is 9.40. The molecule has 2 aromatic rings. The van der Waals surface area contributed by atoms with Crippen molar-refractivity contribution in [3.8, 4) is 0 Å². The first kappa shape index (κ1) is 18.2. The Morgan fingerprint density at radius 2 is 1.85 bits per heavy atom. The molecule has 26 heavy (non-hydrogen) atoms. The van der Waals surface area contributed by atoms with Gasteiger partial charge in [0.1, 0.15) is 5.82 Å². The molecule has 1 saturated carbocycles. The fourth-order valence-electron chi connectivity index (χ4n) is 3.38. The van der Waals surface area contributed by atoms with E-state index in [4.69, 9.17) is 0 Å². The molecule has 1 fully saturated rings. The number of anilines is 1. The summed E-state index contributed by atoms with van der Waals surface area (Å²) in [5.41, 5.74) is 0.633. The lowest BCUT2D eigenvalue weighted by Crippen LogP contribution is -2.25. The third-order valence-electron chi connectivity index (χ3n) is 4.76. The molecular weight excluding hydrogens is 328 g/mol. The van der Waals surface area contributed by atoms with Gasteiger partial charge in [-0.05, 0) is 31.4 Å². The van der Waals surface area contributed by atoms with Gasteiger partial charge in [-0.25, -0.2) is 4.68 Å². The number of hydrogen-bond acceptors (Lipinski definition) is 3. The van der Waals surface area contributed by atoms with Gasteiger partial charge in [0.15, 0.2) is 0 Å². The number of carbonyl (C=O) groups is 2. The van der Waals surface area contributed by atoms with Crippen LogP contribution in [0.15, 0.2) is 42.6 Å². The van der Waals surface area contributed by atoms with Gasteiger partial charge in [0.25, 0.3) is 5.91 Å². The lowest BCUT2D eigenvalue weighted by Gasteiger charge is -2.23. The topological polar surface area (TPSA) is 76.0 Å². The third kappa shape index (κ3) is 4.94. The van der Waals surface area contributed by atoms with E-state index < -0.39 is 0 Å². The number of carbonyl (C=O) groups excluding carboxylic acids is 2. The van der Waals surface area contributed by atoms with E-state index in [9.17, 15) is 9.59 Å². The van der Waals surface area contributed by atoms with Crippen molar-refractivity contribution in [2.24, 2.45) is 0 Å². The molecule has 3 rings (SSSR count). The molecule has 0 atom stereocenters. The van der Waals surface area contributed by atoms with E-state index in [0.29, 0.717) is 31.0 Å². The Bertz CT molecular complexity index is 720. The van der Waals surface area contributed by atoms with Gasteiger partial charge in [-0.2, -0.15) is 5.10 Å². The van der Waals surface area contributed by atoms with E-state index in [1.165, 1.54) is 19.3 Å². The summed E-state index contributed by atoms with van der Waals surface area (Å²) in [5.74, 6) is 0.619. The van der Waals surface area contributed by atoms with Crippen LogP contribution >= 0.6 is 0 Å². The number of hydrogen-bond donors (Lipinski definition) is 2. The summed E-state index contributed by atoms with van der Waals surface area (Å²) in [6, 6.07) is 11.3. The zero-order valence-electron chi connectivity index (χ0n) is 15.0. The predicted octanol–water partition coefficient (Wildman–Crippen LogP) is 3.54. The Balaban J connectivity index is 1.41. The molecule has 2 N–H and O–H groups in total. The van der Waals surface area contributed by atoms with Crippen molar-refractivity contribution in [2.45, 2.75) is 51.0 Å².